The van der Waals surface area contributed by atoms with Crippen molar-refractivity contribution in [1.29, 1.82) is 0 Å². The highest BCUT2D eigenvalue weighted by Gasteiger charge is 1.94. The van der Waals surface area contributed by atoms with Gasteiger partial charge in [0.1, 0.15) is 0 Å². The Morgan fingerprint density at radius 2 is 1.94 bits per heavy atom. The lowest BCUT2D eigenvalue weighted by Gasteiger charge is -1.96. The van der Waals surface area contributed by atoms with Crippen LogP contribution >= 0.6 is 0 Å². The van der Waals surface area contributed by atoms with E-state index in [1.165, 1.54) is 0 Å². The summed E-state index contributed by atoms with van der Waals surface area (Å²) >= 11 is 0. The number of nitrogens with one attached hydrogen (secondary N) is 1. The van der Waals surface area contributed by atoms with E-state index in [1.54, 1.807) is 6.21 Å². The van der Waals surface area contributed by atoms with Gasteiger partial charge in [-0.3, -0.25) is 0 Å². The van der Waals surface area contributed by atoms with Gasteiger partial charge in [0, 0.05) is 11.8 Å². The number of hydrogen-bond acceptors (Lipinski definition) is 2. The SMILES string of the molecule is NC(=NN=Cc1ccc[nH]1)c1ccccc1. The molecule has 0 spiro atoms. The van der Waals surface area contributed by atoms with Crippen molar-refractivity contribution in [1.82, 2.24) is 4.98 Å². The van der Waals surface area contributed by atoms with Gasteiger partial charge < -0.3 is 10.7 Å². The van der Waals surface area contributed by atoms with Crippen LogP contribution in [0.1, 0.15) is 11.3 Å². The maximum Gasteiger partial charge on any atom is 0.153 e. The maximum atomic E-state index is 5.76. The Bertz CT molecular complexity index is 483. The van der Waals surface area contributed by atoms with E-state index in [-0.39, 0.29) is 0 Å². The van der Waals surface area contributed by atoms with Crippen molar-refractivity contribution >= 4 is 12.1 Å². The van der Waals surface area contributed by atoms with Crippen LogP contribution in [0, 0.1) is 0 Å². The van der Waals surface area contributed by atoms with Crippen LogP contribution in [0.15, 0.2) is 58.9 Å². The Kier molecular flexibility index (Phi) is 3.13. The Balaban J connectivity index is 2.08. The van der Waals surface area contributed by atoms with Gasteiger partial charge in [0.25, 0.3) is 0 Å². The molecular formula is C12H12N4. The summed E-state index contributed by atoms with van der Waals surface area (Å²) in [5.74, 6) is 0.406. The highest BCUT2D eigenvalue weighted by molar-refractivity contribution is 5.97. The fourth-order valence-electron chi connectivity index (χ4n) is 1.24. The van der Waals surface area contributed by atoms with Gasteiger partial charge in [-0.25, -0.2) is 0 Å². The van der Waals surface area contributed by atoms with Gasteiger partial charge >= 0.3 is 0 Å². The average Bonchev–Trinajstić information content (AvgIpc) is 2.83. The second kappa shape index (κ2) is 4.93. The number of benzene rings is 1. The fraction of sp³-hybridized carbons (Fsp3) is 0. The molecule has 0 atom stereocenters. The second-order valence-corrected chi connectivity index (χ2v) is 3.22. The van der Waals surface area contributed by atoms with Crippen LogP contribution < -0.4 is 5.73 Å². The minimum Gasteiger partial charge on any atom is -0.382 e. The molecule has 2 rings (SSSR count). The van der Waals surface area contributed by atoms with E-state index >= 15 is 0 Å². The van der Waals surface area contributed by atoms with Gasteiger partial charge in [-0.1, -0.05) is 30.3 Å². The van der Waals surface area contributed by atoms with E-state index in [4.69, 9.17) is 5.73 Å². The summed E-state index contributed by atoms with van der Waals surface area (Å²) in [6, 6.07) is 13.3. The molecule has 0 fully saturated rings. The van der Waals surface area contributed by atoms with Gasteiger partial charge in [0.05, 0.1) is 11.9 Å². The molecule has 1 aromatic heterocycles. The van der Waals surface area contributed by atoms with Crippen molar-refractivity contribution in [3.05, 3.63) is 59.9 Å². The van der Waals surface area contributed by atoms with Crippen LogP contribution in [-0.2, 0) is 0 Å². The third-order valence-corrected chi connectivity index (χ3v) is 2.05. The molecule has 0 aliphatic carbocycles. The molecule has 0 radical (unpaired) electrons. The van der Waals surface area contributed by atoms with E-state index in [2.05, 4.69) is 15.2 Å². The summed E-state index contributed by atoms with van der Waals surface area (Å²) in [6.45, 7) is 0. The highest BCUT2D eigenvalue weighted by atomic mass is 15.2. The third kappa shape index (κ3) is 2.57. The monoisotopic (exact) mass is 212 g/mol. The quantitative estimate of drug-likeness (QED) is 0.454. The third-order valence-electron chi connectivity index (χ3n) is 2.05. The van der Waals surface area contributed by atoms with Crippen molar-refractivity contribution in [2.24, 2.45) is 15.9 Å². The molecule has 0 saturated carbocycles. The van der Waals surface area contributed by atoms with Gasteiger partial charge in [-0.2, -0.15) is 5.10 Å². The first-order chi connectivity index (χ1) is 7.86. The van der Waals surface area contributed by atoms with E-state index in [0.717, 1.165) is 11.3 Å². The van der Waals surface area contributed by atoms with Crippen molar-refractivity contribution in [3.63, 3.8) is 0 Å². The fourth-order valence-corrected chi connectivity index (χ4v) is 1.24. The molecule has 0 aliphatic heterocycles. The molecule has 1 heterocycles. The zero-order chi connectivity index (χ0) is 11.2. The Morgan fingerprint density at radius 3 is 2.62 bits per heavy atom. The molecule has 80 valence electrons. The second-order valence-electron chi connectivity index (χ2n) is 3.22. The lowest BCUT2D eigenvalue weighted by Crippen LogP contribution is -2.12. The molecule has 0 bridgehead atoms. The number of hydrogen-bond donors (Lipinski definition) is 2. The van der Waals surface area contributed by atoms with E-state index in [0.29, 0.717) is 5.84 Å². The first-order valence-electron chi connectivity index (χ1n) is 4.91. The van der Waals surface area contributed by atoms with Crippen molar-refractivity contribution in [2.45, 2.75) is 0 Å². The molecule has 2 aromatic rings. The maximum absolute atomic E-state index is 5.76. The van der Waals surface area contributed by atoms with E-state index in [9.17, 15) is 0 Å². The molecule has 0 amide bonds. The summed E-state index contributed by atoms with van der Waals surface area (Å²) in [5.41, 5.74) is 7.52. The molecule has 0 unspecified atom stereocenters. The van der Waals surface area contributed by atoms with Crippen LogP contribution in [0.25, 0.3) is 0 Å². The van der Waals surface area contributed by atoms with E-state index < -0.39 is 0 Å². The predicted octanol–water partition coefficient (Wildman–Crippen LogP) is 1.75. The summed E-state index contributed by atoms with van der Waals surface area (Å²) in [5, 5.41) is 7.81. The smallest absolute Gasteiger partial charge is 0.153 e. The Hall–Kier alpha value is -2.36. The minimum absolute atomic E-state index is 0.406. The first-order valence-corrected chi connectivity index (χ1v) is 4.91. The van der Waals surface area contributed by atoms with Crippen LogP contribution in [0.3, 0.4) is 0 Å². The van der Waals surface area contributed by atoms with Crippen LogP contribution in [0.5, 0.6) is 0 Å². The number of H-pyrrole nitrogens is 1. The van der Waals surface area contributed by atoms with Gasteiger partial charge in [-0.05, 0) is 12.1 Å². The van der Waals surface area contributed by atoms with Gasteiger partial charge in [0.2, 0.25) is 0 Å². The lowest BCUT2D eigenvalue weighted by molar-refractivity contribution is 1.22. The van der Waals surface area contributed by atoms with Gasteiger partial charge in [-0.15, -0.1) is 5.10 Å². The van der Waals surface area contributed by atoms with Crippen LogP contribution in [0.2, 0.25) is 0 Å². The van der Waals surface area contributed by atoms with Crippen molar-refractivity contribution in [3.8, 4) is 0 Å². The summed E-state index contributed by atoms with van der Waals surface area (Å²) in [7, 11) is 0. The van der Waals surface area contributed by atoms with Crippen LogP contribution in [-0.4, -0.2) is 17.0 Å². The predicted molar refractivity (Wildman–Crippen MR) is 65.6 cm³/mol. The normalized spacial score (nSPS) is 12.1. The molecule has 16 heavy (non-hydrogen) atoms. The molecule has 4 nitrogen and oxygen atoms in total. The molecular weight excluding hydrogens is 200 g/mol. The molecule has 1 aromatic carbocycles. The molecule has 0 aliphatic rings. The van der Waals surface area contributed by atoms with E-state index in [1.807, 2.05) is 48.7 Å². The number of amidine groups is 1. The Labute approximate surface area is 93.5 Å². The summed E-state index contributed by atoms with van der Waals surface area (Å²) in [6.07, 6.45) is 3.45. The van der Waals surface area contributed by atoms with Crippen molar-refractivity contribution in [2.75, 3.05) is 0 Å². The van der Waals surface area contributed by atoms with Crippen molar-refractivity contribution < 1.29 is 0 Å². The summed E-state index contributed by atoms with van der Waals surface area (Å²) < 4.78 is 0. The average molecular weight is 212 g/mol. The Morgan fingerprint density at radius 1 is 1.12 bits per heavy atom. The zero-order valence-corrected chi connectivity index (χ0v) is 8.67. The minimum atomic E-state index is 0.406. The van der Waals surface area contributed by atoms with Gasteiger partial charge in [0.15, 0.2) is 5.84 Å². The number of nitrogens with zero attached hydrogens (tertiary/aromatic N) is 2. The topological polar surface area (TPSA) is 66.5 Å². The lowest BCUT2D eigenvalue weighted by atomic mass is 10.2. The first kappa shape index (κ1) is 10.2. The zero-order valence-electron chi connectivity index (χ0n) is 8.67. The largest absolute Gasteiger partial charge is 0.382 e. The van der Waals surface area contributed by atoms with Crippen LogP contribution in [0.4, 0.5) is 0 Å². The number of aromatic nitrogens is 1. The number of aromatic amines is 1. The molecule has 4 heteroatoms. The number of rotatable bonds is 3. The summed E-state index contributed by atoms with van der Waals surface area (Å²) in [4.78, 5) is 2.99. The number of nitrogens with two attached hydrogens (primary N) is 1. The highest BCUT2D eigenvalue weighted by Crippen LogP contribution is 1.98. The molecule has 0 saturated heterocycles. The standard InChI is InChI=1S/C12H12N4/c13-12(10-5-2-1-3-6-10)16-15-9-11-7-4-8-14-11/h1-9,14H,(H2,13,16). The molecule has 3 N–H and O–H groups in total.